The van der Waals surface area contributed by atoms with E-state index < -0.39 is 10.0 Å². The highest BCUT2D eigenvalue weighted by atomic mass is 32.2. The highest BCUT2D eigenvalue weighted by Crippen LogP contribution is 2.11. The lowest BCUT2D eigenvalue weighted by Crippen LogP contribution is -2.49. The molecule has 6 heteroatoms. The molecule has 0 bridgehead atoms. The summed E-state index contributed by atoms with van der Waals surface area (Å²) in [6.07, 6.45) is 0.763. The zero-order valence-corrected chi connectivity index (χ0v) is 9.33. The van der Waals surface area contributed by atoms with Crippen molar-refractivity contribution in [1.82, 2.24) is 9.21 Å². The van der Waals surface area contributed by atoms with Crippen molar-refractivity contribution in [3.63, 3.8) is 0 Å². The van der Waals surface area contributed by atoms with Crippen molar-refractivity contribution in [3.8, 4) is 0 Å². The first-order valence-electron chi connectivity index (χ1n) is 4.67. The maximum atomic E-state index is 11.7. The topological polar surface area (TPSA) is 57.7 Å². The molecule has 0 aliphatic carbocycles. The molecule has 1 amide bonds. The molecule has 0 N–H and O–H groups in total. The van der Waals surface area contributed by atoms with E-state index in [4.69, 9.17) is 0 Å². The van der Waals surface area contributed by atoms with Crippen LogP contribution in [0.25, 0.3) is 0 Å². The molecule has 0 radical (unpaired) electrons. The van der Waals surface area contributed by atoms with Gasteiger partial charge < -0.3 is 4.90 Å². The van der Waals surface area contributed by atoms with E-state index in [9.17, 15) is 13.2 Å². The largest absolute Gasteiger partial charge is 0.343 e. The lowest BCUT2D eigenvalue weighted by atomic mass is 10.4. The van der Waals surface area contributed by atoms with Crippen LogP contribution in [0.2, 0.25) is 0 Å². The summed E-state index contributed by atoms with van der Waals surface area (Å²) in [7, 11) is -3.14. The second kappa shape index (κ2) is 4.27. The predicted molar refractivity (Wildman–Crippen MR) is 53.3 cm³/mol. The van der Waals surface area contributed by atoms with Crippen molar-refractivity contribution in [2.75, 3.05) is 26.2 Å². The first-order valence-corrected chi connectivity index (χ1v) is 6.17. The van der Waals surface area contributed by atoms with Gasteiger partial charge in [0.25, 0.3) is 0 Å². The molecule has 0 atom stereocenters. The molecule has 1 saturated heterocycles. The van der Waals surface area contributed by atoms with Gasteiger partial charge in [-0.25, -0.2) is 8.42 Å². The van der Waals surface area contributed by atoms with E-state index in [2.05, 4.69) is 0 Å². The number of nitrogens with zero attached hydrogens (tertiary/aromatic N) is 2. The second-order valence-corrected chi connectivity index (χ2v) is 6.12. The molecule has 0 spiro atoms. The minimum atomic E-state index is -3.14. The molecule has 1 aliphatic rings. The number of carbonyl (C=O) groups excluding carboxylic acids is 1. The molecule has 1 heterocycles. The van der Waals surface area contributed by atoms with Crippen LogP contribution in [0.3, 0.4) is 0 Å². The number of hydrogen-bond acceptors (Lipinski definition) is 3. The Morgan fingerprint density at radius 1 is 1.14 bits per heavy atom. The predicted octanol–water partition coefficient (Wildman–Crippen LogP) is -0.501. The van der Waals surface area contributed by atoms with Gasteiger partial charge in [0.1, 0.15) is 0 Å². The normalized spacial score (nSPS) is 20.1. The molecule has 0 aromatic rings. The zero-order chi connectivity index (χ0) is 10.8. The molecule has 1 rings (SSSR count). The average molecular weight is 220 g/mol. The fourth-order valence-electron chi connectivity index (χ4n) is 1.36. The lowest BCUT2D eigenvalue weighted by Gasteiger charge is -2.32. The van der Waals surface area contributed by atoms with E-state index >= 15 is 0 Å². The van der Waals surface area contributed by atoms with Crippen molar-refractivity contribution in [2.45, 2.75) is 19.1 Å². The fourth-order valence-corrected chi connectivity index (χ4v) is 2.63. The Morgan fingerprint density at radius 3 is 2.00 bits per heavy atom. The highest BCUT2D eigenvalue weighted by molar-refractivity contribution is 7.89. The Labute approximate surface area is 84.7 Å². The molecule has 0 aromatic heterocycles. The van der Waals surface area contributed by atoms with Crippen molar-refractivity contribution in [3.05, 3.63) is 0 Å². The Morgan fingerprint density at radius 2 is 1.64 bits per heavy atom. The van der Waals surface area contributed by atoms with E-state index in [0.29, 0.717) is 26.2 Å². The molecule has 0 saturated carbocycles. The Bertz CT molecular complexity index is 292. The summed E-state index contributed by atoms with van der Waals surface area (Å²) in [4.78, 5) is 12.0. The Balaban J connectivity index is 2.62. The van der Waals surface area contributed by atoms with Crippen LogP contribution in [-0.2, 0) is 14.8 Å². The smallest absolute Gasteiger partial charge is 0.216 e. The molecule has 0 aromatic carbocycles. The van der Waals surface area contributed by atoms with Gasteiger partial charge in [0.05, 0.1) is 5.25 Å². The maximum Gasteiger partial charge on any atom is 0.216 e. The van der Waals surface area contributed by atoms with Gasteiger partial charge in [0, 0.05) is 26.2 Å². The van der Waals surface area contributed by atoms with Crippen molar-refractivity contribution in [1.29, 1.82) is 0 Å². The van der Waals surface area contributed by atoms with Gasteiger partial charge >= 0.3 is 0 Å². The van der Waals surface area contributed by atoms with Gasteiger partial charge in [-0.05, 0) is 13.8 Å². The van der Waals surface area contributed by atoms with E-state index in [0.717, 1.165) is 6.41 Å². The first kappa shape index (κ1) is 11.5. The maximum absolute atomic E-state index is 11.7. The summed E-state index contributed by atoms with van der Waals surface area (Å²) in [6.45, 7) is 5.16. The molecule has 1 aliphatic heterocycles. The van der Waals surface area contributed by atoms with Gasteiger partial charge in [-0.1, -0.05) is 0 Å². The third-order valence-corrected chi connectivity index (χ3v) is 4.65. The highest BCUT2D eigenvalue weighted by Gasteiger charge is 2.28. The number of amides is 1. The van der Waals surface area contributed by atoms with Crippen LogP contribution in [-0.4, -0.2) is 55.5 Å². The van der Waals surface area contributed by atoms with Gasteiger partial charge in [0.15, 0.2) is 0 Å². The summed E-state index contributed by atoms with van der Waals surface area (Å²) in [5.74, 6) is 0. The number of rotatable bonds is 3. The number of piperazine rings is 1. The minimum absolute atomic E-state index is 0.384. The first-order chi connectivity index (χ1) is 6.48. The van der Waals surface area contributed by atoms with Crippen LogP contribution in [0.4, 0.5) is 0 Å². The van der Waals surface area contributed by atoms with Crippen LogP contribution in [0.1, 0.15) is 13.8 Å². The summed E-state index contributed by atoms with van der Waals surface area (Å²) in [5.41, 5.74) is 0. The third-order valence-electron chi connectivity index (χ3n) is 2.38. The standard InChI is InChI=1S/C8H16N2O3S/c1-8(2)14(12,13)10-5-3-9(7-11)4-6-10/h7-8H,3-6H2,1-2H3. The van der Waals surface area contributed by atoms with Gasteiger partial charge in [-0.2, -0.15) is 4.31 Å². The SMILES string of the molecule is CC(C)S(=O)(=O)N1CCN(C=O)CC1. The van der Waals surface area contributed by atoms with Gasteiger partial charge in [-0.15, -0.1) is 0 Å². The van der Waals surface area contributed by atoms with E-state index in [-0.39, 0.29) is 5.25 Å². The lowest BCUT2D eigenvalue weighted by molar-refractivity contribution is -0.119. The molecule has 0 unspecified atom stereocenters. The van der Waals surface area contributed by atoms with Crippen molar-refractivity contribution < 1.29 is 13.2 Å². The number of sulfonamides is 1. The summed E-state index contributed by atoms with van der Waals surface area (Å²) < 4.78 is 24.9. The van der Waals surface area contributed by atoms with Crippen LogP contribution >= 0.6 is 0 Å². The van der Waals surface area contributed by atoms with E-state index in [1.54, 1.807) is 18.7 Å². The summed E-state index contributed by atoms with van der Waals surface area (Å²) in [6, 6.07) is 0. The van der Waals surface area contributed by atoms with Crippen LogP contribution in [0, 0.1) is 0 Å². The minimum Gasteiger partial charge on any atom is -0.343 e. The molecule has 5 nitrogen and oxygen atoms in total. The quantitative estimate of drug-likeness (QED) is 0.602. The molecular formula is C8H16N2O3S. The Kier molecular flexibility index (Phi) is 3.49. The van der Waals surface area contributed by atoms with Crippen molar-refractivity contribution >= 4 is 16.4 Å². The summed E-state index contributed by atoms with van der Waals surface area (Å²) >= 11 is 0. The molecule has 1 fully saturated rings. The number of hydrogen-bond donors (Lipinski definition) is 0. The third kappa shape index (κ3) is 2.24. The monoisotopic (exact) mass is 220 g/mol. The second-order valence-electron chi connectivity index (χ2n) is 3.63. The van der Waals surface area contributed by atoms with Gasteiger partial charge in [0.2, 0.25) is 16.4 Å². The zero-order valence-electron chi connectivity index (χ0n) is 8.51. The molecule has 14 heavy (non-hydrogen) atoms. The average Bonchev–Trinajstić information content (AvgIpc) is 2.17. The van der Waals surface area contributed by atoms with Crippen LogP contribution in [0.15, 0.2) is 0 Å². The fraction of sp³-hybridized carbons (Fsp3) is 0.875. The Hall–Kier alpha value is -0.620. The van der Waals surface area contributed by atoms with Crippen molar-refractivity contribution in [2.24, 2.45) is 0 Å². The van der Waals surface area contributed by atoms with Crippen LogP contribution in [0.5, 0.6) is 0 Å². The molecular weight excluding hydrogens is 204 g/mol. The van der Waals surface area contributed by atoms with E-state index in [1.807, 2.05) is 0 Å². The van der Waals surface area contributed by atoms with E-state index in [1.165, 1.54) is 4.31 Å². The van der Waals surface area contributed by atoms with Crippen LogP contribution < -0.4 is 0 Å². The number of carbonyl (C=O) groups is 1. The van der Waals surface area contributed by atoms with Gasteiger partial charge in [-0.3, -0.25) is 4.79 Å². The summed E-state index contributed by atoms with van der Waals surface area (Å²) in [5, 5.41) is -0.384. The molecule has 82 valence electrons.